The molecule has 3 N–H and O–H groups in total. The Balaban J connectivity index is 0.000000172. The van der Waals surface area contributed by atoms with E-state index in [1.54, 1.807) is 43.3 Å². The third kappa shape index (κ3) is 9.45. The zero-order valence-electron chi connectivity index (χ0n) is 34.6. The lowest BCUT2D eigenvalue weighted by atomic mass is 9.98. The summed E-state index contributed by atoms with van der Waals surface area (Å²) in [6.45, 7) is 2.13. The van der Waals surface area contributed by atoms with Gasteiger partial charge in [-0.2, -0.15) is 0 Å². The van der Waals surface area contributed by atoms with E-state index in [1.165, 1.54) is 25.3 Å². The van der Waals surface area contributed by atoms with Gasteiger partial charge in [0.1, 0.15) is 5.88 Å². The van der Waals surface area contributed by atoms with Crippen molar-refractivity contribution < 1.29 is 57.4 Å². The first-order chi connectivity index (χ1) is 30.6. The number of aliphatic hydroxyl groups excluding tert-OH is 1. The summed E-state index contributed by atoms with van der Waals surface area (Å²) in [6.07, 6.45) is 5.75. The number of carbonyl (C=O) groups excluding carboxylic acids is 4. The summed E-state index contributed by atoms with van der Waals surface area (Å²) in [6, 6.07) is 24.7. The number of amides is 1. The number of benzene rings is 4. The minimum Gasteiger partial charge on any atom is -0.467 e. The number of hydrogen-bond donors (Lipinski definition) is 2. The summed E-state index contributed by atoms with van der Waals surface area (Å²) in [5.41, 5.74) is 11.6. The summed E-state index contributed by atoms with van der Waals surface area (Å²) in [4.78, 5) is 56.4. The molecular weight excluding hydrogens is 834 g/mol. The zero-order valence-corrected chi connectivity index (χ0v) is 35.3. The molecule has 4 aromatic carbocycles. The molecule has 3 heterocycles. The van der Waals surface area contributed by atoms with Gasteiger partial charge in [-0.25, -0.2) is 9.59 Å². The van der Waals surface area contributed by atoms with Crippen LogP contribution in [0.5, 0.6) is 23.0 Å². The Morgan fingerprint density at radius 1 is 0.841 bits per heavy atom. The molecule has 16 heteroatoms. The predicted octanol–water partition coefficient (Wildman–Crippen LogP) is 5.45. The van der Waals surface area contributed by atoms with Crippen molar-refractivity contribution in [2.45, 2.75) is 38.1 Å². The molecule has 2 aliphatic carbocycles. The van der Waals surface area contributed by atoms with E-state index in [0.717, 1.165) is 27.8 Å². The van der Waals surface area contributed by atoms with Crippen LogP contribution < -0.4 is 24.7 Å². The van der Waals surface area contributed by atoms with Gasteiger partial charge in [0.15, 0.2) is 40.2 Å². The molecule has 4 aromatic rings. The smallest absolute Gasteiger partial charge is 0.358 e. The Morgan fingerprint density at radius 2 is 1.44 bits per heavy atom. The Hall–Kier alpha value is -6.94. The second kappa shape index (κ2) is 19.8. The molecule has 0 fully saturated rings. The van der Waals surface area contributed by atoms with E-state index in [2.05, 4.69) is 4.99 Å². The Labute approximate surface area is 367 Å². The molecular formula is C47H44ClN3O12. The van der Waals surface area contributed by atoms with Gasteiger partial charge < -0.3 is 44.0 Å². The van der Waals surface area contributed by atoms with Crippen molar-refractivity contribution in [1.29, 1.82) is 0 Å². The Bertz CT molecular complexity index is 2550. The molecule has 0 bridgehead atoms. The maximum Gasteiger partial charge on any atom is 0.358 e. The lowest BCUT2D eigenvalue weighted by molar-refractivity contribution is -0.144. The van der Waals surface area contributed by atoms with E-state index in [0.29, 0.717) is 52.5 Å². The van der Waals surface area contributed by atoms with Crippen LogP contribution in [0.3, 0.4) is 0 Å². The number of alkyl halides is 1. The summed E-state index contributed by atoms with van der Waals surface area (Å²) in [5.74, 6) is 0.141. The lowest BCUT2D eigenvalue weighted by Crippen LogP contribution is -2.35. The molecule has 0 radical (unpaired) electrons. The van der Waals surface area contributed by atoms with Gasteiger partial charge >= 0.3 is 11.9 Å². The highest BCUT2D eigenvalue weighted by molar-refractivity contribution is 6.30. The predicted molar refractivity (Wildman–Crippen MR) is 231 cm³/mol. The fourth-order valence-electron chi connectivity index (χ4n) is 7.19. The highest BCUT2D eigenvalue weighted by Crippen LogP contribution is 2.47. The number of fused-ring (bicyclic) bond motifs is 4. The average molecular weight is 878 g/mol. The summed E-state index contributed by atoms with van der Waals surface area (Å²) in [7, 11) is 2.51. The number of nitrogens with zero attached hydrogens (tertiary/aromatic N) is 2. The third-order valence-corrected chi connectivity index (χ3v) is 10.5. The molecule has 0 aromatic heterocycles. The minimum absolute atomic E-state index is 0.0266. The van der Waals surface area contributed by atoms with Gasteiger partial charge in [0.2, 0.25) is 31.8 Å². The fourth-order valence-corrected chi connectivity index (χ4v) is 7.32. The molecule has 0 saturated carbocycles. The molecule has 326 valence electrons. The average Bonchev–Trinajstić information content (AvgIpc) is 4.17. The topological polar surface area (TPSA) is 195 Å². The standard InChI is InChI=1S/C23H18ClNO6.C21H17NO5.C3H9NO/c1-28-23(27)20-21(16-8-6-13-4-2-3-5-15(13)16)31-22(25(20)19(26)11-24)14-7-9-17-18(10-14)30-12-29-17;1-25-21(24)19(20(23)16-8-7-14-4-2-3-5-15(14)16)22-11-13-6-9-17-18(10-13)27-12-26-17;1-3(4)2-5/h2-5,7-10,22H,6,11-12H2,1H3;2-6,8-11,19H,7,12H2,1H3;3,5H,2,4H2,1H3. The molecule has 1 amide bonds. The number of aliphatic hydroxyl groups is 1. The van der Waals surface area contributed by atoms with E-state index in [-0.39, 0.29) is 49.4 Å². The van der Waals surface area contributed by atoms with Crippen LogP contribution in [0.2, 0.25) is 0 Å². The maximum atomic E-state index is 13.0. The number of allylic oxidation sites excluding steroid dienone is 3. The van der Waals surface area contributed by atoms with Crippen molar-refractivity contribution in [2.24, 2.45) is 10.7 Å². The molecule has 3 atom stereocenters. The molecule has 15 nitrogen and oxygen atoms in total. The van der Waals surface area contributed by atoms with Gasteiger partial charge in [0.05, 0.1) is 20.8 Å². The number of hydrogen-bond acceptors (Lipinski definition) is 14. The summed E-state index contributed by atoms with van der Waals surface area (Å²) >= 11 is 5.90. The van der Waals surface area contributed by atoms with Gasteiger partial charge in [-0.15, -0.1) is 11.6 Å². The van der Waals surface area contributed by atoms with Crippen LogP contribution in [0, 0.1) is 0 Å². The third-order valence-electron chi connectivity index (χ3n) is 10.3. The van der Waals surface area contributed by atoms with Gasteiger partial charge in [0.25, 0.3) is 0 Å². The van der Waals surface area contributed by atoms with E-state index >= 15 is 0 Å². The number of ketones is 1. The van der Waals surface area contributed by atoms with Crippen LogP contribution in [0.25, 0.3) is 11.1 Å². The van der Waals surface area contributed by atoms with Crippen molar-refractivity contribution in [3.05, 3.63) is 142 Å². The van der Waals surface area contributed by atoms with Crippen LogP contribution >= 0.6 is 11.6 Å². The highest BCUT2D eigenvalue weighted by Gasteiger charge is 2.45. The van der Waals surface area contributed by atoms with Gasteiger partial charge in [-0.3, -0.25) is 19.5 Å². The Morgan fingerprint density at radius 3 is 2.10 bits per heavy atom. The van der Waals surface area contributed by atoms with Crippen LogP contribution in [-0.4, -0.2) is 92.2 Å². The monoisotopic (exact) mass is 877 g/mol. The zero-order chi connectivity index (χ0) is 44.6. The second-order valence-electron chi connectivity index (χ2n) is 14.4. The number of carbonyl (C=O) groups is 4. The fraction of sp³-hybridized carbons (Fsp3) is 0.255. The number of ether oxygens (including phenoxy) is 7. The van der Waals surface area contributed by atoms with Gasteiger partial charge in [0, 0.05) is 29.0 Å². The van der Waals surface area contributed by atoms with Gasteiger partial charge in [-0.05, 0) is 84.0 Å². The summed E-state index contributed by atoms with van der Waals surface area (Å²) < 4.78 is 37.5. The number of esters is 2. The van der Waals surface area contributed by atoms with Crippen molar-refractivity contribution >= 4 is 52.6 Å². The quantitative estimate of drug-likeness (QED) is 0.0886. The van der Waals surface area contributed by atoms with E-state index in [1.807, 2.05) is 60.7 Å². The molecule has 9 rings (SSSR count). The first kappa shape index (κ1) is 44.1. The highest BCUT2D eigenvalue weighted by atomic mass is 35.5. The number of methoxy groups -OCH3 is 2. The van der Waals surface area contributed by atoms with Crippen molar-refractivity contribution in [3.8, 4) is 23.0 Å². The van der Waals surface area contributed by atoms with Crippen molar-refractivity contribution in [2.75, 3.05) is 40.3 Å². The number of halogens is 1. The first-order valence-corrected chi connectivity index (χ1v) is 20.4. The number of rotatable bonds is 10. The molecule has 0 saturated heterocycles. The van der Waals surface area contributed by atoms with Crippen LogP contribution in [0.4, 0.5) is 0 Å². The van der Waals surface area contributed by atoms with Crippen molar-refractivity contribution in [3.63, 3.8) is 0 Å². The number of nitrogens with two attached hydrogens (primary N) is 1. The molecule has 5 aliphatic rings. The van der Waals surface area contributed by atoms with Crippen molar-refractivity contribution in [1.82, 2.24) is 4.90 Å². The first-order valence-electron chi connectivity index (χ1n) is 19.8. The molecule has 3 unspecified atom stereocenters. The van der Waals surface area contributed by atoms with Crippen LogP contribution in [0.1, 0.15) is 46.5 Å². The van der Waals surface area contributed by atoms with Gasteiger partial charge in [-0.1, -0.05) is 60.7 Å². The largest absolute Gasteiger partial charge is 0.467 e. The lowest BCUT2D eigenvalue weighted by Gasteiger charge is -2.24. The maximum absolute atomic E-state index is 13.0. The number of Topliss-reactive ketones (excluding diaryl/α,β-unsaturated/α-hetero) is 1. The van der Waals surface area contributed by atoms with E-state index in [4.69, 9.17) is 55.6 Å². The van der Waals surface area contributed by atoms with Crippen LogP contribution in [0.15, 0.2) is 114 Å². The summed E-state index contributed by atoms with van der Waals surface area (Å²) in [5, 5.41) is 8.02. The molecule has 0 spiro atoms. The van der Waals surface area contributed by atoms with E-state index in [9.17, 15) is 19.2 Å². The van der Waals surface area contributed by atoms with E-state index < -0.39 is 30.1 Å². The molecule has 63 heavy (non-hydrogen) atoms. The second-order valence-corrected chi connectivity index (χ2v) is 14.7. The Kier molecular flexibility index (Phi) is 13.9. The SMILES string of the molecule is CC(N)CO.COC(=O)C(N=Cc1ccc2c(c1)OCO2)C(=O)C1=CCc2ccccc21.COC(=O)C1=C(C2=CCc3ccccc32)OC(c2ccc3c(c2)OCO3)N1C(=O)CCl. The minimum atomic E-state index is -1.25. The molecule has 3 aliphatic heterocycles. The van der Waals surface area contributed by atoms with Crippen LogP contribution in [-0.2, 0) is 46.2 Å². The normalized spacial score (nSPS) is 16.9. The number of aliphatic imine (C=N–C) groups is 1.